The maximum absolute atomic E-state index is 10.8. The molecule has 0 fully saturated rings. The van der Waals surface area contributed by atoms with Crippen LogP contribution in [0.1, 0.15) is 172 Å². The second-order valence-corrected chi connectivity index (χ2v) is 19.6. The van der Waals surface area contributed by atoms with Gasteiger partial charge >= 0.3 is 0 Å². The van der Waals surface area contributed by atoms with Crippen molar-refractivity contribution < 1.29 is 64.1 Å². The molecule has 9 nitrogen and oxygen atoms in total. The van der Waals surface area contributed by atoms with E-state index in [0.29, 0.717) is 0 Å². The van der Waals surface area contributed by atoms with E-state index in [2.05, 4.69) is 20.8 Å². The van der Waals surface area contributed by atoms with Gasteiger partial charge in [-0.2, -0.15) is 0 Å². The summed E-state index contributed by atoms with van der Waals surface area (Å²) in [4.78, 5) is 64.8. The first-order chi connectivity index (χ1) is 27.1. The topological polar surface area (TPSA) is 190 Å². The average Bonchev–Trinajstić information content (AvgIpc) is 3.17. The smallest absolute Gasteiger partial charge is 0 e. The van der Waals surface area contributed by atoms with Gasteiger partial charge in [0.05, 0.1) is 0 Å². The number of unbranched alkanes of at least 4 members (excludes halogenated alkanes) is 18. The monoisotopic (exact) mass is 944 g/mol. The first-order valence-corrected chi connectivity index (χ1v) is 26.1. The van der Waals surface area contributed by atoms with E-state index >= 15 is 0 Å². The molecule has 0 saturated heterocycles. The predicted molar refractivity (Wildman–Crippen MR) is 226 cm³/mol. The molecule has 0 aliphatic rings. The second kappa shape index (κ2) is 33.4. The van der Waals surface area contributed by atoms with Crippen LogP contribution in [0.25, 0.3) is 0 Å². The Morgan fingerprint density at radius 3 is 0.655 bits per heavy atom. The number of rotatable bonds is 27. The van der Waals surface area contributed by atoms with E-state index in [1.54, 1.807) is 36.4 Å². The number of aryl methyl sites for hydroxylation is 3. The fraction of sp³-hybridized carbons (Fsp3) is 0.600. The largest absolute Gasteiger partial charge is 0.807 e. The van der Waals surface area contributed by atoms with Crippen molar-refractivity contribution in [2.75, 3.05) is 0 Å². The fourth-order valence-electron chi connectivity index (χ4n) is 6.39. The molecule has 0 spiro atoms. The summed E-state index contributed by atoms with van der Waals surface area (Å²) in [7, 11) is -13.8. The Morgan fingerprint density at radius 2 is 0.483 bits per heavy atom. The van der Waals surface area contributed by atoms with Crippen molar-refractivity contribution in [3.05, 3.63) is 89.5 Å². The van der Waals surface area contributed by atoms with Gasteiger partial charge in [0.15, 0.2) is 0 Å². The Morgan fingerprint density at radius 1 is 0.310 bits per heavy atom. The third-order valence-corrected chi connectivity index (χ3v) is 12.8. The summed E-state index contributed by atoms with van der Waals surface area (Å²) in [5, 5.41) is -0.345. The van der Waals surface area contributed by atoms with Crippen molar-refractivity contribution in [1.82, 2.24) is 0 Å². The van der Waals surface area contributed by atoms with Crippen LogP contribution in [0.3, 0.4) is 0 Å². The molecule has 3 rings (SSSR count). The molecule has 0 unspecified atom stereocenters. The number of hydrogen-bond donors (Lipinski definition) is 0. The van der Waals surface area contributed by atoms with Crippen LogP contribution in [0.15, 0.2) is 72.8 Å². The summed E-state index contributed by atoms with van der Waals surface area (Å²) in [6.07, 6.45) is 29.4. The molecule has 3 aromatic carbocycles. The van der Waals surface area contributed by atoms with Gasteiger partial charge in [0.2, 0.25) is 0 Å². The van der Waals surface area contributed by atoms with Crippen LogP contribution in [-0.2, 0) is 54.0 Å². The molecule has 0 radical (unpaired) electrons. The van der Waals surface area contributed by atoms with Crippen molar-refractivity contribution in [1.29, 1.82) is 0 Å². The zero-order chi connectivity index (χ0) is 42.4. The normalized spacial score (nSPS) is 11.5. The first kappa shape index (κ1) is 56.8. The van der Waals surface area contributed by atoms with Crippen LogP contribution < -0.4 is 45.3 Å². The first-order valence-electron chi connectivity index (χ1n) is 21.5. The Balaban J connectivity index is 0.000000833. The van der Waals surface area contributed by atoms with Crippen molar-refractivity contribution in [3.8, 4) is 0 Å². The molecule has 0 atom stereocenters. The minimum atomic E-state index is -4.59. The average molecular weight is 943 g/mol. The van der Waals surface area contributed by atoms with Crippen molar-refractivity contribution in [2.24, 2.45) is 0 Å². The molecular weight excluding hydrogens is 873 g/mol. The van der Waals surface area contributed by atoms with Crippen LogP contribution in [0, 0.1) is 0 Å². The maximum Gasteiger partial charge on any atom is 0 e. The minimum absolute atomic E-state index is 0. The van der Waals surface area contributed by atoms with E-state index in [4.69, 9.17) is 0 Å². The molecule has 0 amide bonds. The Labute approximate surface area is 365 Å². The van der Waals surface area contributed by atoms with E-state index in [9.17, 15) is 43.1 Å². The predicted octanol–water partition coefficient (Wildman–Crippen LogP) is 7.55. The summed E-state index contributed by atoms with van der Waals surface area (Å²) in [5.41, 5.74) is 3.31. The van der Waals surface area contributed by atoms with Crippen LogP contribution in [0.4, 0.5) is 0 Å². The van der Waals surface area contributed by atoms with Gasteiger partial charge in [-0.1, -0.05) is 209 Å². The second-order valence-electron chi connectivity index (χ2n) is 15.1. The molecule has 0 aromatic heterocycles. The summed E-state index contributed by atoms with van der Waals surface area (Å²) < 4.78 is 32.4. The third kappa shape index (κ3) is 29.1. The van der Waals surface area contributed by atoms with Crippen molar-refractivity contribution >= 4 is 38.7 Å². The molecule has 0 bridgehead atoms. The Hall–Kier alpha value is -1.20. The molecule has 330 valence electrons. The quantitative estimate of drug-likeness (QED) is 0.0422. The van der Waals surface area contributed by atoms with Crippen molar-refractivity contribution in [2.45, 2.75) is 175 Å². The molecule has 58 heavy (non-hydrogen) atoms. The molecule has 0 aliphatic carbocycles. The van der Waals surface area contributed by atoms with Gasteiger partial charge in [-0.05, 0) is 93.9 Å². The molecular formula is C45H69MoO9P3-6. The number of benzene rings is 3. The van der Waals surface area contributed by atoms with E-state index in [-0.39, 0.29) is 37.0 Å². The minimum Gasteiger partial charge on any atom is -0.807 e. The van der Waals surface area contributed by atoms with Gasteiger partial charge in [-0.25, -0.2) is 0 Å². The SMILES string of the molecule is CCCCCCCCCc1ccc(P(=O)([O-])[O-])cc1.CCCCCCCCCc1ccc(P(=O)([O-])[O-])cc1.CCCCCCCCCc1ccc(P(=O)([O-])[O-])cc1.[Mo]. The van der Waals surface area contributed by atoms with E-state index in [1.807, 2.05) is 0 Å². The third-order valence-electron chi connectivity index (χ3n) is 9.96. The van der Waals surface area contributed by atoms with Gasteiger partial charge in [-0.3, -0.25) is 0 Å². The Bertz CT molecular complexity index is 1380. The van der Waals surface area contributed by atoms with Crippen LogP contribution in [0.2, 0.25) is 0 Å². The number of hydrogen-bond acceptors (Lipinski definition) is 9. The summed E-state index contributed by atoms with van der Waals surface area (Å²) in [6.45, 7) is 6.64. The van der Waals surface area contributed by atoms with Gasteiger partial charge < -0.3 is 43.1 Å². The van der Waals surface area contributed by atoms with Gasteiger partial charge in [0.25, 0.3) is 0 Å². The van der Waals surface area contributed by atoms with Gasteiger partial charge in [0.1, 0.15) is 0 Å². The standard InChI is InChI=1S/3C15H25O3P.Mo/c3*1-2-3-4-5-6-7-8-9-14-10-12-15(13-11-14)19(16,17)18;/h3*10-13H,2-9H2,1H3,(H2,16,17,18);/p-6. The van der Waals surface area contributed by atoms with E-state index < -0.39 is 22.8 Å². The Kier molecular flexibility index (Phi) is 32.7. The van der Waals surface area contributed by atoms with Crippen LogP contribution >= 0.6 is 22.8 Å². The molecule has 0 saturated carbocycles. The van der Waals surface area contributed by atoms with Gasteiger partial charge in [0, 0.05) is 21.1 Å². The maximum atomic E-state index is 10.8. The van der Waals surface area contributed by atoms with Crippen LogP contribution in [0.5, 0.6) is 0 Å². The molecule has 0 aliphatic heterocycles. The van der Waals surface area contributed by atoms with Crippen molar-refractivity contribution in [3.63, 3.8) is 0 Å². The van der Waals surface area contributed by atoms with Crippen LogP contribution in [-0.4, -0.2) is 0 Å². The van der Waals surface area contributed by atoms with E-state index in [1.165, 1.54) is 152 Å². The summed E-state index contributed by atoms with van der Waals surface area (Å²) in [5.74, 6) is 0. The molecule has 13 heteroatoms. The molecule has 0 heterocycles. The zero-order valence-electron chi connectivity index (χ0n) is 35.3. The zero-order valence-corrected chi connectivity index (χ0v) is 40.0. The summed E-state index contributed by atoms with van der Waals surface area (Å²) in [6, 6.07) is 19.0. The molecule has 3 aromatic rings. The molecule has 0 N–H and O–H groups in total. The van der Waals surface area contributed by atoms with Gasteiger partial charge in [-0.15, -0.1) is 0 Å². The van der Waals surface area contributed by atoms with E-state index in [0.717, 1.165) is 55.2 Å². The summed E-state index contributed by atoms with van der Waals surface area (Å²) >= 11 is 0. The fourth-order valence-corrected chi connectivity index (χ4v) is 7.94.